The fourth-order valence-corrected chi connectivity index (χ4v) is 2.60. The Balaban J connectivity index is 0.00000162. The van der Waals surface area contributed by atoms with E-state index in [1.165, 1.54) is 4.90 Å². The summed E-state index contributed by atoms with van der Waals surface area (Å²) in [7, 11) is 0. The van der Waals surface area contributed by atoms with Crippen LogP contribution in [0.2, 0.25) is 0 Å². The third-order valence-electron chi connectivity index (χ3n) is 3.92. The number of halogens is 1. The number of nitrogens with zero attached hydrogens (tertiary/aromatic N) is 2. The van der Waals surface area contributed by atoms with E-state index in [1.807, 2.05) is 0 Å². The molecule has 2 N–H and O–H groups in total. The lowest BCUT2D eigenvalue weighted by Crippen LogP contribution is -2.38. The second-order valence-corrected chi connectivity index (χ2v) is 5.48. The SMILES string of the molecule is CC1(CN)CCN(CCN2C(=O)CCC2=O)C1.Cl. The van der Waals surface area contributed by atoms with Crippen LogP contribution in [-0.4, -0.2) is 54.3 Å². The molecular weight excluding hydrogens is 254 g/mol. The van der Waals surface area contributed by atoms with Crippen LogP contribution in [0.5, 0.6) is 0 Å². The zero-order valence-corrected chi connectivity index (χ0v) is 11.7. The molecule has 2 heterocycles. The first-order valence-electron chi connectivity index (χ1n) is 6.30. The van der Waals surface area contributed by atoms with E-state index in [0.717, 1.165) is 26.1 Å². The Kier molecular flexibility index (Phi) is 5.13. The van der Waals surface area contributed by atoms with Crippen molar-refractivity contribution in [2.75, 3.05) is 32.7 Å². The molecule has 0 aliphatic carbocycles. The fraction of sp³-hybridized carbons (Fsp3) is 0.833. The van der Waals surface area contributed by atoms with E-state index in [9.17, 15) is 9.59 Å². The number of carbonyl (C=O) groups excluding carboxylic acids is 2. The minimum absolute atomic E-state index is 0. The van der Waals surface area contributed by atoms with Gasteiger partial charge in [-0.3, -0.25) is 14.5 Å². The van der Waals surface area contributed by atoms with Crippen LogP contribution in [0.4, 0.5) is 0 Å². The highest BCUT2D eigenvalue weighted by atomic mass is 35.5. The molecular formula is C12H22ClN3O2. The predicted octanol–water partition coefficient (Wildman–Crippen LogP) is 0.228. The van der Waals surface area contributed by atoms with Crippen LogP contribution in [0.25, 0.3) is 0 Å². The van der Waals surface area contributed by atoms with E-state index in [4.69, 9.17) is 5.73 Å². The van der Waals surface area contributed by atoms with Crippen molar-refractivity contribution in [2.24, 2.45) is 11.1 Å². The second-order valence-electron chi connectivity index (χ2n) is 5.48. The Bertz CT molecular complexity index is 321. The third-order valence-corrected chi connectivity index (χ3v) is 3.92. The Morgan fingerprint density at radius 2 is 1.83 bits per heavy atom. The van der Waals surface area contributed by atoms with Crippen molar-refractivity contribution in [2.45, 2.75) is 26.2 Å². The number of hydrogen-bond acceptors (Lipinski definition) is 4. The summed E-state index contributed by atoms with van der Waals surface area (Å²) in [6, 6.07) is 0. The Morgan fingerprint density at radius 1 is 1.22 bits per heavy atom. The number of carbonyl (C=O) groups is 2. The molecule has 6 heteroatoms. The molecule has 2 rings (SSSR count). The summed E-state index contributed by atoms with van der Waals surface area (Å²) in [4.78, 5) is 26.6. The van der Waals surface area contributed by atoms with E-state index in [2.05, 4.69) is 11.8 Å². The van der Waals surface area contributed by atoms with Gasteiger partial charge in [0.05, 0.1) is 0 Å². The molecule has 1 unspecified atom stereocenters. The van der Waals surface area contributed by atoms with Crippen LogP contribution < -0.4 is 5.73 Å². The van der Waals surface area contributed by atoms with Gasteiger partial charge in [0.25, 0.3) is 0 Å². The van der Waals surface area contributed by atoms with Crippen molar-refractivity contribution >= 4 is 24.2 Å². The lowest BCUT2D eigenvalue weighted by molar-refractivity contribution is -0.138. The molecule has 2 aliphatic rings. The van der Waals surface area contributed by atoms with Crippen molar-refractivity contribution in [3.8, 4) is 0 Å². The average Bonchev–Trinajstić information content (AvgIpc) is 2.83. The molecule has 0 radical (unpaired) electrons. The molecule has 0 saturated carbocycles. The quantitative estimate of drug-likeness (QED) is 0.746. The summed E-state index contributed by atoms with van der Waals surface area (Å²) in [5.41, 5.74) is 5.95. The van der Waals surface area contributed by atoms with Gasteiger partial charge in [-0.2, -0.15) is 0 Å². The van der Waals surface area contributed by atoms with Gasteiger partial charge in [0.2, 0.25) is 11.8 Å². The van der Waals surface area contributed by atoms with Crippen LogP contribution in [0.3, 0.4) is 0 Å². The first-order valence-corrected chi connectivity index (χ1v) is 6.30. The van der Waals surface area contributed by atoms with Gasteiger partial charge >= 0.3 is 0 Å². The lowest BCUT2D eigenvalue weighted by Gasteiger charge is -2.24. The third kappa shape index (κ3) is 3.22. The lowest BCUT2D eigenvalue weighted by atomic mass is 9.90. The van der Waals surface area contributed by atoms with Gasteiger partial charge < -0.3 is 10.6 Å². The van der Waals surface area contributed by atoms with E-state index in [1.54, 1.807) is 0 Å². The van der Waals surface area contributed by atoms with E-state index >= 15 is 0 Å². The van der Waals surface area contributed by atoms with Gasteiger partial charge in [-0.1, -0.05) is 6.92 Å². The molecule has 2 amide bonds. The molecule has 0 aromatic heterocycles. The van der Waals surface area contributed by atoms with Gasteiger partial charge in [0.15, 0.2) is 0 Å². The molecule has 18 heavy (non-hydrogen) atoms. The van der Waals surface area contributed by atoms with Crippen LogP contribution in [0.1, 0.15) is 26.2 Å². The molecule has 104 valence electrons. The molecule has 5 nitrogen and oxygen atoms in total. The summed E-state index contributed by atoms with van der Waals surface area (Å²) in [5.74, 6) is -0.0356. The molecule has 0 aromatic rings. The van der Waals surface area contributed by atoms with E-state index < -0.39 is 0 Å². The maximum Gasteiger partial charge on any atom is 0.229 e. The van der Waals surface area contributed by atoms with Crippen molar-refractivity contribution in [3.63, 3.8) is 0 Å². The van der Waals surface area contributed by atoms with Crippen LogP contribution in [0, 0.1) is 5.41 Å². The smallest absolute Gasteiger partial charge is 0.229 e. The predicted molar refractivity (Wildman–Crippen MR) is 71.4 cm³/mol. The molecule has 0 bridgehead atoms. The average molecular weight is 276 g/mol. The van der Waals surface area contributed by atoms with Crippen molar-refractivity contribution < 1.29 is 9.59 Å². The first kappa shape index (κ1) is 15.4. The number of likely N-dealkylation sites (tertiary alicyclic amines) is 2. The highest BCUT2D eigenvalue weighted by Crippen LogP contribution is 2.28. The summed E-state index contributed by atoms with van der Waals surface area (Å²) >= 11 is 0. The Morgan fingerprint density at radius 3 is 2.33 bits per heavy atom. The molecule has 2 fully saturated rings. The largest absolute Gasteiger partial charge is 0.330 e. The maximum atomic E-state index is 11.4. The molecule has 1 atom stereocenters. The van der Waals surface area contributed by atoms with Crippen molar-refractivity contribution in [3.05, 3.63) is 0 Å². The van der Waals surface area contributed by atoms with E-state index in [-0.39, 0.29) is 29.6 Å². The summed E-state index contributed by atoms with van der Waals surface area (Å²) < 4.78 is 0. The van der Waals surface area contributed by atoms with Gasteiger partial charge in [-0.25, -0.2) is 0 Å². The highest BCUT2D eigenvalue weighted by Gasteiger charge is 2.34. The number of nitrogens with two attached hydrogens (primary N) is 1. The second kappa shape index (κ2) is 5.99. The van der Waals surface area contributed by atoms with Gasteiger partial charge in [0, 0.05) is 32.5 Å². The van der Waals surface area contributed by atoms with Gasteiger partial charge in [-0.15, -0.1) is 12.4 Å². The maximum absolute atomic E-state index is 11.4. The Labute approximate surface area is 114 Å². The molecule has 2 aliphatic heterocycles. The molecule has 0 aromatic carbocycles. The number of amides is 2. The van der Waals surface area contributed by atoms with Gasteiger partial charge in [-0.05, 0) is 24.9 Å². The minimum atomic E-state index is -0.0178. The molecule has 0 spiro atoms. The number of hydrogen-bond donors (Lipinski definition) is 1. The molecule has 2 saturated heterocycles. The minimum Gasteiger partial charge on any atom is -0.330 e. The highest BCUT2D eigenvalue weighted by molar-refractivity contribution is 6.01. The fourth-order valence-electron chi connectivity index (χ4n) is 2.60. The first-order chi connectivity index (χ1) is 8.04. The summed E-state index contributed by atoms with van der Waals surface area (Å²) in [5, 5.41) is 0. The summed E-state index contributed by atoms with van der Waals surface area (Å²) in [6.07, 6.45) is 1.88. The van der Waals surface area contributed by atoms with Crippen molar-refractivity contribution in [1.82, 2.24) is 9.80 Å². The zero-order chi connectivity index (χ0) is 12.5. The zero-order valence-electron chi connectivity index (χ0n) is 10.9. The van der Waals surface area contributed by atoms with Crippen LogP contribution in [-0.2, 0) is 9.59 Å². The van der Waals surface area contributed by atoms with E-state index in [0.29, 0.717) is 25.9 Å². The topological polar surface area (TPSA) is 66.6 Å². The monoisotopic (exact) mass is 275 g/mol. The number of rotatable bonds is 4. The summed E-state index contributed by atoms with van der Waals surface area (Å²) in [6.45, 7) is 6.21. The van der Waals surface area contributed by atoms with Gasteiger partial charge in [0.1, 0.15) is 0 Å². The van der Waals surface area contributed by atoms with Crippen LogP contribution >= 0.6 is 12.4 Å². The number of imide groups is 1. The Hall–Kier alpha value is -0.650. The van der Waals surface area contributed by atoms with Crippen molar-refractivity contribution in [1.29, 1.82) is 0 Å². The normalized spacial score (nSPS) is 28.9. The van der Waals surface area contributed by atoms with Crippen LogP contribution in [0.15, 0.2) is 0 Å². The standard InChI is InChI=1S/C12H21N3O2.ClH/c1-12(8-13)4-5-14(9-12)6-7-15-10(16)2-3-11(15)17;/h2-9,13H2,1H3;1H.